The van der Waals surface area contributed by atoms with Crippen molar-refractivity contribution in [3.05, 3.63) is 29.3 Å². The van der Waals surface area contributed by atoms with Crippen molar-refractivity contribution in [3.63, 3.8) is 0 Å². The van der Waals surface area contributed by atoms with Crippen molar-refractivity contribution in [3.8, 4) is 5.75 Å². The van der Waals surface area contributed by atoms with Gasteiger partial charge in [0.25, 0.3) is 0 Å². The molecule has 1 fully saturated rings. The molecule has 0 amide bonds. The maximum atomic E-state index is 6.64. The molecule has 2 unspecified atom stereocenters. The van der Waals surface area contributed by atoms with Crippen molar-refractivity contribution in [1.82, 2.24) is 0 Å². The number of nitrogens with two attached hydrogens (primary N) is 1. The van der Waals surface area contributed by atoms with Gasteiger partial charge in [-0.1, -0.05) is 31.5 Å². The fraction of sp³-hybridized carbons (Fsp3) is 0.600. The van der Waals surface area contributed by atoms with E-state index >= 15 is 0 Å². The van der Waals surface area contributed by atoms with E-state index in [9.17, 15) is 0 Å². The molecule has 2 heteroatoms. The van der Waals surface area contributed by atoms with Gasteiger partial charge in [-0.05, 0) is 30.7 Å². The summed E-state index contributed by atoms with van der Waals surface area (Å²) in [6.07, 6.45) is 5.76. The van der Waals surface area contributed by atoms with Crippen LogP contribution in [0.2, 0.25) is 0 Å². The van der Waals surface area contributed by atoms with Crippen molar-refractivity contribution in [1.29, 1.82) is 0 Å². The first kappa shape index (κ1) is 11.1. The molecule has 3 rings (SSSR count). The minimum atomic E-state index is -0.143. The minimum absolute atomic E-state index is 0.143. The minimum Gasteiger partial charge on any atom is -0.493 e. The molecule has 2 nitrogen and oxygen atoms in total. The summed E-state index contributed by atoms with van der Waals surface area (Å²) in [4.78, 5) is 0. The Kier molecular flexibility index (Phi) is 2.62. The number of hydrogen-bond donors (Lipinski definition) is 1. The number of benzene rings is 1. The Morgan fingerprint density at radius 2 is 2.35 bits per heavy atom. The van der Waals surface area contributed by atoms with Crippen LogP contribution < -0.4 is 10.5 Å². The second-order valence-electron chi connectivity index (χ2n) is 5.57. The quantitative estimate of drug-likeness (QED) is 0.849. The van der Waals surface area contributed by atoms with Crippen molar-refractivity contribution < 1.29 is 4.74 Å². The number of hydrogen-bond acceptors (Lipinski definition) is 2. The van der Waals surface area contributed by atoms with Gasteiger partial charge < -0.3 is 10.5 Å². The molecule has 2 atom stereocenters. The van der Waals surface area contributed by atoms with Gasteiger partial charge in [-0.2, -0.15) is 0 Å². The molecule has 92 valence electrons. The Morgan fingerprint density at radius 1 is 1.47 bits per heavy atom. The van der Waals surface area contributed by atoms with Crippen molar-refractivity contribution in [2.75, 3.05) is 6.61 Å². The summed E-state index contributed by atoms with van der Waals surface area (Å²) in [6, 6.07) is 6.47. The molecule has 0 spiro atoms. The Morgan fingerprint density at radius 3 is 3.12 bits per heavy atom. The summed E-state index contributed by atoms with van der Waals surface area (Å²) < 4.78 is 5.80. The zero-order valence-corrected chi connectivity index (χ0v) is 10.5. The maximum Gasteiger partial charge on any atom is 0.127 e. The molecule has 2 aliphatic rings. The van der Waals surface area contributed by atoms with E-state index in [0.29, 0.717) is 0 Å². The lowest BCUT2D eigenvalue weighted by molar-refractivity contribution is 0.336. The van der Waals surface area contributed by atoms with Crippen LogP contribution in [0.1, 0.15) is 43.7 Å². The molecule has 0 aromatic heterocycles. The first-order valence-corrected chi connectivity index (χ1v) is 6.77. The van der Waals surface area contributed by atoms with Gasteiger partial charge in [0.15, 0.2) is 0 Å². The summed E-state index contributed by atoms with van der Waals surface area (Å²) in [7, 11) is 0. The van der Waals surface area contributed by atoms with Gasteiger partial charge in [-0.25, -0.2) is 0 Å². The SMILES string of the molecule is CCC1CCC(N)(c2cccc3c2OCC3)C1. The van der Waals surface area contributed by atoms with Gasteiger partial charge in [0.05, 0.1) is 6.61 Å². The average molecular weight is 231 g/mol. The predicted octanol–water partition coefficient (Wildman–Crippen LogP) is 2.99. The standard InChI is InChI=1S/C15H21NO/c1-2-11-6-8-15(16,10-11)13-5-3-4-12-7-9-17-14(12)13/h3-5,11H,2,6-10,16H2,1H3. The van der Waals surface area contributed by atoms with Crippen molar-refractivity contribution in [2.24, 2.45) is 11.7 Å². The van der Waals surface area contributed by atoms with Gasteiger partial charge in [0.2, 0.25) is 0 Å². The van der Waals surface area contributed by atoms with E-state index in [1.54, 1.807) is 0 Å². The van der Waals surface area contributed by atoms with Gasteiger partial charge in [-0.15, -0.1) is 0 Å². The van der Waals surface area contributed by atoms with Crippen LogP contribution in [0.3, 0.4) is 0 Å². The lowest BCUT2D eigenvalue weighted by atomic mass is 9.86. The van der Waals surface area contributed by atoms with E-state index in [-0.39, 0.29) is 5.54 Å². The second kappa shape index (κ2) is 4.02. The average Bonchev–Trinajstić information content (AvgIpc) is 2.95. The monoisotopic (exact) mass is 231 g/mol. The van der Waals surface area contributed by atoms with E-state index < -0.39 is 0 Å². The van der Waals surface area contributed by atoms with Crippen LogP contribution in [0.15, 0.2) is 18.2 Å². The molecule has 2 N–H and O–H groups in total. The highest BCUT2D eigenvalue weighted by Gasteiger charge is 2.39. The molecule has 17 heavy (non-hydrogen) atoms. The number of para-hydroxylation sites is 1. The lowest BCUT2D eigenvalue weighted by Gasteiger charge is -2.26. The van der Waals surface area contributed by atoms with E-state index in [1.807, 2.05) is 0 Å². The third kappa shape index (κ3) is 1.75. The van der Waals surface area contributed by atoms with Crippen LogP contribution in [-0.2, 0) is 12.0 Å². The van der Waals surface area contributed by atoms with E-state index in [0.717, 1.165) is 37.5 Å². The summed E-state index contributed by atoms with van der Waals surface area (Å²) >= 11 is 0. The Labute approximate surface area is 103 Å². The summed E-state index contributed by atoms with van der Waals surface area (Å²) in [5.41, 5.74) is 9.09. The molecule has 1 aliphatic heterocycles. The van der Waals surface area contributed by atoms with Crippen LogP contribution in [0.4, 0.5) is 0 Å². The van der Waals surface area contributed by atoms with Crippen LogP contribution in [-0.4, -0.2) is 6.61 Å². The molecule has 1 heterocycles. The Hall–Kier alpha value is -1.02. The zero-order chi connectivity index (χ0) is 11.9. The third-order valence-corrected chi connectivity index (χ3v) is 4.48. The molecule has 0 saturated heterocycles. The molecule has 0 bridgehead atoms. The maximum absolute atomic E-state index is 6.64. The fourth-order valence-electron chi connectivity index (χ4n) is 3.38. The van der Waals surface area contributed by atoms with Gasteiger partial charge >= 0.3 is 0 Å². The highest BCUT2D eigenvalue weighted by molar-refractivity contribution is 5.48. The normalized spacial score (nSPS) is 31.3. The van der Waals surface area contributed by atoms with E-state index in [2.05, 4.69) is 25.1 Å². The highest BCUT2D eigenvalue weighted by atomic mass is 16.5. The number of ether oxygens (including phenoxy) is 1. The van der Waals surface area contributed by atoms with E-state index in [1.165, 1.54) is 24.0 Å². The first-order valence-electron chi connectivity index (χ1n) is 6.77. The van der Waals surface area contributed by atoms with Gasteiger partial charge in [-0.3, -0.25) is 0 Å². The summed E-state index contributed by atoms with van der Waals surface area (Å²) in [5, 5.41) is 0. The van der Waals surface area contributed by atoms with Crippen molar-refractivity contribution >= 4 is 0 Å². The van der Waals surface area contributed by atoms with Crippen LogP contribution in [0.5, 0.6) is 5.75 Å². The molecular weight excluding hydrogens is 210 g/mol. The predicted molar refractivity (Wildman–Crippen MR) is 69.1 cm³/mol. The second-order valence-corrected chi connectivity index (χ2v) is 5.57. The molecule has 0 radical (unpaired) electrons. The molecular formula is C15H21NO. The number of fused-ring (bicyclic) bond motifs is 1. The number of rotatable bonds is 2. The molecule has 1 saturated carbocycles. The largest absolute Gasteiger partial charge is 0.493 e. The molecule has 1 aliphatic carbocycles. The fourth-order valence-corrected chi connectivity index (χ4v) is 3.38. The topological polar surface area (TPSA) is 35.2 Å². The Balaban J connectivity index is 1.97. The highest BCUT2D eigenvalue weighted by Crippen LogP contribution is 2.46. The van der Waals surface area contributed by atoms with Crippen molar-refractivity contribution in [2.45, 2.75) is 44.6 Å². The Bertz CT molecular complexity index is 429. The summed E-state index contributed by atoms with van der Waals surface area (Å²) in [5.74, 6) is 1.88. The first-order chi connectivity index (χ1) is 8.23. The van der Waals surface area contributed by atoms with Gasteiger partial charge in [0, 0.05) is 17.5 Å². The zero-order valence-electron chi connectivity index (χ0n) is 10.5. The van der Waals surface area contributed by atoms with Crippen LogP contribution in [0.25, 0.3) is 0 Å². The van der Waals surface area contributed by atoms with Crippen LogP contribution >= 0.6 is 0 Å². The van der Waals surface area contributed by atoms with Gasteiger partial charge in [0.1, 0.15) is 5.75 Å². The lowest BCUT2D eigenvalue weighted by Crippen LogP contribution is -2.34. The molecule has 1 aromatic carbocycles. The molecule has 1 aromatic rings. The summed E-state index contributed by atoms with van der Waals surface area (Å²) in [6.45, 7) is 3.09. The third-order valence-electron chi connectivity index (χ3n) is 4.48. The van der Waals surface area contributed by atoms with Crippen LogP contribution in [0, 0.1) is 5.92 Å². The van der Waals surface area contributed by atoms with E-state index in [4.69, 9.17) is 10.5 Å². The smallest absolute Gasteiger partial charge is 0.127 e.